The molecule has 440 valence electrons. The number of carboxylic acid groups (broad SMARTS) is 1. The predicted octanol–water partition coefficient (Wildman–Crippen LogP) is -1.53. The van der Waals surface area contributed by atoms with Crippen LogP contribution in [0.2, 0.25) is 0 Å². The van der Waals surface area contributed by atoms with Gasteiger partial charge < -0.3 is 81.2 Å². The smallest absolute Gasteiger partial charge is 0.312 e. The predicted molar refractivity (Wildman–Crippen MR) is 288 cm³/mol. The number of primary amides is 1. The molecule has 1 fully saturated rings. The summed E-state index contributed by atoms with van der Waals surface area (Å²) in [5.41, 5.74) is 22.6. The molecule has 0 aromatic carbocycles. The second kappa shape index (κ2) is 36.8. The lowest BCUT2D eigenvalue weighted by atomic mass is 9.95. The van der Waals surface area contributed by atoms with E-state index in [-0.39, 0.29) is 58.3 Å². The molecule has 0 spiro atoms. The average molecular weight is 1100 g/mol. The van der Waals surface area contributed by atoms with Crippen LogP contribution in [-0.2, 0) is 47.9 Å². The number of nitrogens with two attached hydrogens (primary N) is 4. The zero-order valence-corrected chi connectivity index (χ0v) is 46.7. The largest absolute Gasteiger partial charge is 0.481 e. The normalized spacial score (nSPS) is 25.1. The van der Waals surface area contributed by atoms with Crippen LogP contribution in [-0.4, -0.2) is 151 Å². The van der Waals surface area contributed by atoms with Crippen LogP contribution in [0, 0.1) is 23.7 Å². The molecule has 1 aliphatic heterocycles. The van der Waals surface area contributed by atoms with Gasteiger partial charge in [-0.15, -0.1) is 0 Å². The Morgan fingerprint density at radius 1 is 0.429 bits per heavy atom. The minimum absolute atomic E-state index is 0.00572. The van der Waals surface area contributed by atoms with Crippen LogP contribution in [0.3, 0.4) is 0 Å². The van der Waals surface area contributed by atoms with Crippen molar-refractivity contribution in [2.75, 3.05) is 26.2 Å². The number of unbranched alkanes of at least 4 members (excludes halogenated alkanes) is 3. The summed E-state index contributed by atoms with van der Waals surface area (Å²) in [7, 11) is 0. The van der Waals surface area contributed by atoms with Gasteiger partial charge in [0.2, 0.25) is 53.2 Å². The van der Waals surface area contributed by atoms with Gasteiger partial charge in [-0.1, -0.05) is 68.2 Å². The van der Waals surface area contributed by atoms with E-state index in [1.807, 2.05) is 0 Å². The highest BCUT2D eigenvalue weighted by molar-refractivity contribution is 5.99. The third-order valence-electron chi connectivity index (χ3n) is 13.7. The number of hydrogen-bond acceptors (Lipinski definition) is 14. The Bertz CT molecular complexity index is 1940. The summed E-state index contributed by atoms with van der Waals surface area (Å²) < 4.78 is 0. The van der Waals surface area contributed by atoms with Crippen LogP contribution in [0.25, 0.3) is 0 Å². The van der Waals surface area contributed by atoms with Gasteiger partial charge in [-0.25, -0.2) is 4.79 Å². The maximum atomic E-state index is 14.4. The fourth-order valence-electron chi connectivity index (χ4n) is 8.42. The van der Waals surface area contributed by atoms with E-state index in [2.05, 4.69) is 53.2 Å². The molecule has 1 rings (SSSR count). The van der Waals surface area contributed by atoms with Crippen molar-refractivity contribution in [3.63, 3.8) is 0 Å². The number of aliphatic carboxylic acids is 1. The van der Waals surface area contributed by atoms with Gasteiger partial charge in [0, 0.05) is 13.0 Å². The van der Waals surface area contributed by atoms with Crippen LogP contribution in [0.1, 0.15) is 152 Å². The molecule has 0 bridgehead atoms. The lowest BCUT2D eigenvalue weighted by molar-refractivity contribution is -0.139. The Morgan fingerprint density at radius 3 is 0.987 bits per heavy atom. The summed E-state index contributed by atoms with van der Waals surface area (Å²) in [5.74, 6) is -10.9. The Kier molecular flexibility index (Phi) is 32.9. The zero-order chi connectivity index (χ0) is 58.4. The molecule has 1 heterocycles. The fraction of sp³-hybridized carbons (Fsp3) is 0.784. The molecule has 0 aliphatic carbocycles. The van der Waals surface area contributed by atoms with E-state index in [1.165, 1.54) is 0 Å². The maximum absolute atomic E-state index is 14.4. The minimum atomic E-state index is -1.55. The van der Waals surface area contributed by atoms with Crippen molar-refractivity contribution in [1.82, 2.24) is 53.2 Å². The van der Waals surface area contributed by atoms with Gasteiger partial charge in [-0.05, 0) is 120 Å². The highest BCUT2D eigenvalue weighted by Gasteiger charge is 2.39. The molecule has 11 amide bonds. The molecule has 11 atom stereocenters. The van der Waals surface area contributed by atoms with E-state index in [1.54, 1.807) is 55.4 Å². The number of nitrogens with one attached hydrogen (secondary N) is 10. The summed E-state index contributed by atoms with van der Waals surface area (Å²) in [6, 6.07) is -12.8. The Labute approximate surface area is 453 Å². The molecule has 19 N–H and O–H groups in total. The molecule has 0 aromatic heterocycles. The summed E-state index contributed by atoms with van der Waals surface area (Å²) in [4.78, 5) is 152. The first-order chi connectivity index (χ1) is 36.4. The molecule has 0 saturated carbocycles. The number of carbonyl (C=O) groups is 11. The maximum Gasteiger partial charge on any atom is 0.312 e. The first kappa shape index (κ1) is 68.9. The molecule has 26 heteroatoms. The van der Waals surface area contributed by atoms with Crippen LogP contribution in [0.15, 0.2) is 0 Å². The lowest BCUT2D eigenvalue weighted by Gasteiger charge is -2.31. The number of hydrogen-bond donors (Lipinski definition) is 15. The topological polar surface area (TPSA) is 432 Å². The number of carbonyl (C=O) groups excluding carboxylic acids is 10. The van der Waals surface area contributed by atoms with Crippen molar-refractivity contribution in [3.05, 3.63) is 0 Å². The van der Waals surface area contributed by atoms with Gasteiger partial charge in [0.15, 0.2) is 0 Å². The Hall–Kier alpha value is -6.15. The summed E-state index contributed by atoms with van der Waals surface area (Å²) in [6.07, 6.45) is 2.21. The van der Waals surface area contributed by atoms with Crippen LogP contribution < -0.4 is 76.1 Å². The molecular formula is C51H94N14O12. The average Bonchev–Trinajstić information content (AvgIpc) is 3.37. The van der Waals surface area contributed by atoms with E-state index in [4.69, 9.17) is 22.9 Å². The molecule has 26 nitrogen and oxygen atoms in total. The standard InChI is InChI=1S/C51H94N14O12/c1-9-30(7)40-49(75)60-32(18-11-14-24-52)42(68)59-35(21-17-27-56-51(55)77)43(69)57-33(19-12-15-25-53)45(71)62-39(29(5)6)48(74)65-41(31(8)10-2)50(76)61-36(22-23-37(66)67)44(70)58-34(20-13-16-26-54)46(72)63-38(28(3)4)47(73)64-40/h28-36,38-41H,9-27,52-54H2,1-8H3,(H,57,69)(H,58,70)(H,59,68)(H,60,75)(H,61,76)(H,62,71)(H,63,72)(H,64,73)(H,65,74)(H,66,67)(H3,55,56,77)/t30-,31-,32-,33-,34-,35-,36-,38-,39-,40-,41-/m0/s1. The monoisotopic (exact) mass is 1090 g/mol. The SMILES string of the molecule is CC[C@H](C)[C@@H]1NC(=O)[C@H](C(C)C)NC(=O)[C@H](CCCCN)NC(=O)[C@H](CCCNC(N)=O)NC(=O)[C@H](CCCCN)NC(=O)[C@H]([C@@H](C)CC)NC(=O)[C@H](C(C)C)NC(=O)[C@H](CCCCN)NC(=O)[C@H](CCC(=O)O)NC1=O. The summed E-state index contributed by atoms with van der Waals surface area (Å²) in [5, 5.41) is 36.5. The first-order valence-electron chi connectivity index (χ1n) is 27.5. The van der Waals surface area contributed by atoms with Gasteiger partial charge >= 0.3 is 12.0 Å². The van der Waals surface area contributed by atoms with E-state index in [9.17, 15) is 57.8 Å². The van der Waals surface area contributed by atoms with Crippen molar-refractivity contribution in [3.8, 4) is 0 Å². The van der Waals surface area contributed by atoms with E-state index < -0.39 is 156 Å². The minimum Gasteiger partial charge on any atom is -0.481 e. The van der Waals surface area contributed by atoms with Gasteiger partial charge in [0.1, 0.15) is 54.4 Å². The summed E-state index contributed by atoms with van der Waals surface area (Å²) in [6.45, 7) is 14.3. The van der Waals surface area contributed by atoms with E-state index in [0.29, 0.717) is 51.4 Å². The highest BCUT2D eigenvalue weighted by atomic mass is 16.4. The molecular weight excluding hydrogens is 1000 g/mol. The molecule has 0 unspecified atom stereocenters. The van der Waals surface area contributed by atoms with Gasteiger partial charge in [0.05, 0.1) is 0 Å². The Balaban J connectivity index is 4.21. The molecule has 0 radical (unpaired) electrons. The van der Waals surface area contributed by atoms with Crippen molar-refractivity contribution in [2.45, 2.75) is 206 Å². The molecule has 1 saturated heterocycles. The molecule has 0 aromatic rings. The van der Waals surface area contributed by atoms with Crippen LogP contribution in [0.4, 0.5) is 4.79 Å². The van der Waals surface area contributed by atoms with Gasteiger partial charge in [-0.3, -0.25) is 47.9 Å². The van der Waals surface area contributed by atoms with Crippen molar-refractivity contribution < 1.29 is 57.8 Å². The van der Waals surface area contributed by atoms with Crippen molar-refractivity contribution >= 4 is 65.2 Å². The number of amides is 11. The highest BCUT2D eigenvalue weighted by Crippen LogP contribution is 2.16. The number of urea groups is 1. The van der Waals surface area contributed by atoms with Gasteiger partial charge in [-0.2, -0.15) is 0 Å². The Morgan fingerprint density at radius 2 is 0.701 bits per heavy atom. The van der Waals surface area contributed by atoms with Crippen LogP contribution in [0.5, 0.6) is 0 Å². The number of rotatable bonds is 25. The lowest BCUT2D eigenvalue weighted by Crippen LogP contribution is -2.62. The third-order valence-corrected chi connectivity index (χ3v) is 13.7. The van der Waals surface area contributed by atoms with Gasteiger partial charge in [0.25, 0.3) is 0 Å². The third kappa shape index (κ3) is 25.3. The number of carboxylic acids is 1. The van der Waals surface area contributed by atoms with Crippen LogP contribution >= 0.6 is 0 Å². The van der Waals surface area contributed by atoms with E-state index >= 15 is 0 Å². The quantitative estimate of drug-likeness (QED) is 0.0461. The van der Waals surface area contributed by atoms with E-state index in [0.717, 1.165) is 0 Å². The van der Waals surface area contributed by atoms with Crippen molar-refractivity contribution in [2.24, 2.45) is 46.6 Å². The van der Waals surface area contributed by atoms with Crippen molar-refractivity contribution in [1.29, 1.82) is 0 Å². The second-order valence-electron chi connectivity index (χ2n) is 20.7. The summed E-state index contributed by atoms with van der Waals surface area (Å²) >= 11 is 0. The molecule has 1 aliphatic rings. The molecule has 77 heavy (non-hydrogen) atoms. The zero-order valence-electron chi connectivity index (χ0n) is 46.7. The second-order valence-corrected chi connectivity index (χ2v) is 20.7. The first-order valence-corrected chi connectivity index (χ1v) is 27.5. The fourth-order valence-corrected chi connectivity index (χ4v) is 8.42.